The summed E-state index contributed by atoms with van der Waals surface area (Å²) in [5, 5.41) is 10.6. The van der Waals surface area contributed by atoms with E-state index in [1.807, 2.05) is 0 Å². The fourth-order valence-electron chi connectivity index (χ4n) is 1.87. The van der Waals surface area contributed by atoms with Crippen molar-refractivity contribution < 1.29 is 32.3 Å². The Morgan fingerprint density at radius 3 is 1.93 bits per heavy atom. The van der Waals surface area contributed by atoms with E-state index in [0.717, 1.165) is 12.1 Å². The second kappa shape index (κ2) is 14.0. The van der Waals surface area contributed by atoms with Gasteiger partial charge in [-0.3, -0.25) is 10.1 Å². The van der Waals surface area contributed by atoms with Crippen molar-refractivity contribution in [1.29, 1.82) is 0 Å². The maximum atomic E-state index is 12.0. The van der Waals surface area contributed by atoms with Gasteiger partial charge >= 0.3 is 0 Å². The first kappa shape index (κ1) is 24.0. The van der Waals surface area contributed by atoms with Crippen LogP contribution in [0.5, 0.6) is 0 Å². The van der Waals surface area contributed by atoms with Crippen LogP contribution in [0.2, 0.25) is 0 Å². The zero-order valence-corrected chi connectivity index (χ0v) is 16.2. The average molecular weight is 416 g/mol. The molecule has 0 aliphatic carbocycles. The first-order chi connectivity index (χ1) is 13.5. The predicted octanol–water partition coefficient (Wildman–Crippen LogP) is 0.573. The molecule has 0 aliphatic heterocycles. The van der Waals surface area contributed by atoms with Crippen LogP contribution in [0, 0.1) is 22.5 Å². The molecule has 10 nitrogen and oxygen atoms in total. The minimum Gasteiger partial charge on any atom is -0.378 e. The van der Waals surface area contributed by atoms with Crippen molar-refractivity contribution in [2.45, 2.75) is 4.90 Å². The minimum atomic E-state index is -3.74. The number of nitrogens with zero attached hydrogens (tertiary/aromatic N) is 1. The number of non-ortho nitro benzene ring substituents is 1. The van der Waals surface area contributed by atoms with Gasteiger partial charge in [0.2, 0.25) is 10.0 Å². The monoisotopic (exact) mass is 416 g/mol. The molecule has 0 saturated carbocycles. The largest absolute Gasteiger partial charge is 0.378 e. The smallest absolute Gasteiger partial charge is 0.269 e. The second-order valence-electron chi connectivity index (χ2n) is 5.24. The molecule has 0 unspecified atom stereocenters. The Bertz CT molecular complexity index is 716. The molecule has 28 heavy (non-hydrogen) atoms. The third kappa shape index (κ3) is 10.3. The van der Waals surface area contributed by atoms with Gasteiger partial charge in [-0.1, -0.05) is 5.92 Å². The summed E-state index contributed by atoms with van der Waals surface area (Å²) in [7, 11) is -3.74. The van der Waals surface area contributed by atoms with Gasteiger partial charge in [-0.05, 0) is 12.1 Å². The zero-order valence-electron chi connectivity index (χ0n) is 15.4. The van der Waals surface area contributed by atoms with Crippen LogP contribution >= 0.6 is 0 Å². The summed E-state index contributed by atoms with van der Waals surface area (Å²) in [4.78, 5) is 9.93. The molecular formula is C17H24N2O8S. The Morgan fingerprint density at radius 1 is 0.929 bits per heavy atom. The number of nitrogens with one attached hydrogen (secondary N) is 1. The number of rotatable bonds is 16. The molecule has 1 aromatic carbocycles. The number of nitro groups is 1. The molecule has 0 aliphatic rings. The lowest BCUT2D eigenvalue weighted by Gasteiger charge is -2.08. The highest BCUT2D eigenvalue weighted by molar-refractivity contribution is 7.89. The Balaban J connectivity index is 2.03. The summed E-state index contributed by atoms with van der Waals surface area (Å²) >= 11 is 0. The molecule has 1 aromatic rings. The highest BCUT2D eigenvalue weighted by Crippen LogP contribution is 2.15. The minimum absolute atomic E-state index is 0.0499. The maximum Gasteiger partial charge on any atom is 0.269 e. The molecule has 0 saturated heterocycles. The van der Waals surface area contributed by atoms with Crippen molar-refractivity contribution >= 4 is 15.7 Å². The van der Waals surface area contributed by atoms with Crippen molar-refractivity contribution in [3.8, 4) is 12.3 Å². The molecule has 0 spiro atoms. The topological polar surface area (TPSA) is 126 Å². The van der Waals surface area contributed by atoms with Crippen molar-refractivity contribution in [2.75, 3.05) is 59.4 Å². The molecule has 1 N–H and O–H groups in total. The third-order valence-electron chi connectivity index (χ3n) is 3.20. The molecule has 0 heterocycles. The van der Waals surface area contributed by atoms with Crippen molar-refractivity contribution in [3.63, 3.8) is 0 Å². The SMILES string of the molecule is C#CCOCCOCCOCCOCCNS(=O)(=O)c1ccc([N+](=O)[O-])cc1. The molecule has 156 valence electrons. The van der Waals surface area contributed by atoms with Gasteiger partial charge in [-0.15, -0.1) is 6.42 Å². The molecule has 0 bridgehead atoms. The number of benzene rings is 1. The summed E-state index contributed by atoms with van der Waals surface area (Å²) in [6.07, 6.45) is 5.03. The van der Waals surface area contributed by atoms with E-state index in [2.05, 4.69) is 10.6 Å². The molecule has 0 aromatic heterocycles. The van der Waals surface area contributed by atoms with Crippen LogP contribution in [-0.4, -0.2) is 72.7 Å². The summed E-state index contributed by atoms with van der Waals surface area (Å²) in [6, 6.07) is 4.63. The van der Waals surface area contributed by atoms with Gasteiger partial charge in [0.05, 0.1) is 56.1 Å². The van der Waals surface area contributed by atoms with E-state index in [4.69, 9.17) is 25.4 Å². The summed E-state index contributed by atoms with van der Waals surface area (Å²) < 4.78 is 47.3. The van der Waals surface area contributed by atoms with Gasteiger partial charge < -0.3 is 18.9 Å². The zero-order chi connectivity index (χ0) is 20.7. The number of sulfonamides is 1. The van der Waals surface area contributed by atoms with Crippen LogP contribution in [0.4, 0.5) is 5.69 Å². The van der Waals surface area contributed by atoms with Gasteiger partial charge in [0.15, 0.2) is 0 Å². The highest BCUT2D eigenvalue weighted by Gasteiger charge is 2.15. The quantitative estimate of drug-likeness (QED) is 0.179. The van der Waals surface area contributed by atoms with Gasteiger partial charge in [0.25, 0.3) is 5.69 Å². The van der Waals surface area contributed by atoms with Crippen molar-refractivity contribution in [3.05, 3.63) is 34.4 Å². The lowest BCUT2D eigenvalue weighted by atomic mass is 10.3. The summed E-state index contributed by atoms with van der Waals surface area (Å²) in [5.74, 6) is 2.35. The number of hydrogen-bond acceptors (Lipinski definition) is 8. The molecule has 0 fully saturated rings. The van der Waals surface area contributed by atoms with E-state index in [1.54, 1.807) is 0 Å². The predicted molar refractivity (Wildman–Crippen MR) is 100 cm³/mol. The van der Waals surface area contributed by atoms with E-state index in [9.17, 15) is 18.5 Å². The molecular weight excluding hydrogens is 392 g/mol. The van der Waals surface area contributed by atoms with Crippen LogP contribution in [0.3, 0.4) is 0 Å². The second-order valence-corrected chi connectivity index (χ2v) is 7.01. The van der Waals surface area contributed by atoms with Crippen molar-refractivity contribution in [1.82, 2.24) is 4.72 Å². The van der Waals surface area contributed by atoms with Crippen LogP contribution < -0.4 is 4.72 Å². The first-order valence-electron chi connectivity index (χ1n) is 8.46. The molecule has 0 radical (unpaired) electrons. The Hall–Kier alpha value is -2.07. The molecule has 0 atom stereocenters. The maximum absolute atomic E-state index is 12.0. The van der Waals surface area contributed by atoms with Crippen LogP contribution in [-0.2, 0) is 29.0 Å². The van der Waals surface area contributed by atoms with Crippen molar-refractivity contribution in [2.24, 2.45) is 0 Å². The highest BCUT2D eigenvalue weighted by atomic mass is 32.2. The van der Waals surface area contributed by atoms with E-state index in [0.29, 0.717) is 39.6 Å². The average Bonchev–Trinajstić information content (AvgIpc) is 2.68. The van der Waals surface area contributed by atoms with Crippen LogP contribution in [0.1, 0.15) is 0 Å². The lowest BCUT2D eigenvalue weighted by molar-refractivity contribution is -0.384. The Kier molecular flexibility index (Phi) is 12.0. The van der Waals surface area contributed by atoms with Crippen LogP contribution in [0.25, 0.3) is 0 Å². The number of hydrogen-bond donors (Lipinski definition) is 1. The Labute approximate surface area is 164 Å². The van der Waals surface area contributed by atoms with Gasteiger partial charge in [0.1, 0.15) is 6.61 Å². The number of ether oxygens (including phenoxy) is 4. The van der Waals surface area contributed by atoms with Gasteiger partial charge in [-0.25, -0.2) is 13.1 Å². The van der Waals surface area contributed by atoms with Crippen LogP contribution in [0.15, 0.2) is 29.2 Å². The summed E-state index contributed by atoms with van der Waals surface area (Å²) in [5.41, 5.74) is -0.176. The fraction of sp³-hybridized carbons (Fsp3) is 0.529. The van der Waals surface area contributed by atoms with Gasteiger partial charge in [-0.2, -0.15) is 0 Å². The normalized spacial score (nSPS) is 11.2. The first-order valence-corrected chi connectivity index (χ1v) is 9.94. The standard InChI is InChI=1S/C17H24N2O8S/c1-2-8-24-10-12-26-14-15-27-13-11-25-9-7-18-28(22,23)17-5-3-16(4-6-17)19(20)21/h1,3-6,18H,7-15H2. The van der Waals surface area contributed by atoms with E-state index in [-0.39, 0.29) is 30.3 Å². The van der Waals surface area contributed by atoms with E-state index < -0.39 is 14.9 Å². The Morgan fingerprint density at radius 2 is 1.43 bits per heavy atom. The van der Waals surface area contributed by atoms with E-state index in [1.165, 1.54) is 12.1 Å². The third-order valence-corrected chi connectivity index (χ3v) is 4.67. The number of nitro benzene ring substituents is 1. The molecule has 11 heteroatoms. The fourth-order valence-corrected chi connectivity index (χ4v) is 2.88. The lowest BCUT2D eigenvalue weighted by Crippen LogP contribution is -2.27. The molecule has 1 rings (SSSR count). The number of terminal acetylenes is 1. The summed E-state index contributed by atoms with van der Waals surface area (Å²) in [6.45, 7) is 2.87. The molecule has 0 amide bonds. The van der Waals surface area contributed by atoms with E-state index >= 15 is 0 Å². The van der Waals surface area contributed by atoms with Gasteiger partial charge in [0, 0.05) is 18.7 Å².